The number of hydrogen-bond donors (Lipinski definition) is 1. The highest BCUT2D eigenvalue weighted by molar-refractivity contribution is 7.99. The lowest BCUT2D eigenvalue weighted by Gasteiger charge is -2.13. The third-order valence-corrected chi connectivity index (χ3v) is 6.72. The maximum absolute atomic E-state index is 6.24. The number of benzene rings is 3. The first-order chi connectivity index (χ1) is 17.1. The average molecular weight is 530 g/mol. The maximum Gasteiger partial charge on any atom is 0.214 e. The zero-order chi connectivity index (χ0) is 24.5. The molecule has 35 heavy (non-hydrogen) atoms. The summed E-state index contributed by atoms with van der Waals surface area (Å²) in [6.45, 7) is 1.93. The van der Waals surface area contributed by atoms with Crippen molar-refractivity contribution in [1.82, 2.24) is 25.5 Å². The van der Waals surface area contributed by atoms with Gasteiger partial charge in [0.2, 0.25) is 5.16 Å². The molecule has 1 aromatic heterocycles. The maximum atomic E-state index is 6.24. The molecule has 0 saturated heterocycles. The highest BCUT2D eigenvalue weighted by Crippen LogP contribution is 2.30. The molecule has 10 heteroatoms. The molecule has 0 aliphatic rings. The van der Waals surface area contributed by atoms with Gasteiger partial charge in [0.15, 0.2) is 11.5 Å². The number of halogens is 2. The number of aromatic nitrogens is 4. The largest absolute Gasteiger partial charge is 0.493 e. The van der Waals surface area contributed by atoms with Crippen LogP contribution in [0.4, 0.5) is 0 Å². The quantitative estimate of drug-likeness (QED) is 0.183. The van der Waals surface area contributed by atoms with Crippen molar-refractivity contribution in [3.8, 4) is 17.2 Å². The average Bonchev–Trinajstić information content (AvgIpc) is 3.35. The van der Waals surface area contributed by atoms with Crippen LogP contribution in [-0.4, -0.2) is 39.6 Å². The van der Waals surface area contributed by atoms with Crippen molar-refractivity contribution in [1.29, 1.82) is 0 Å². The van der Waals surface area contributed by atoms with Crippen molar-refractivity contribution < 1.29 is 9.47 Å². The zero-order valence-electron chi connectivity index (χ0n) is 19.2. The number of methoxy groups -OCH3 is 1. The van der Waals surface area contributed by atoms with Crippen LogP contribution in [0.5, 0.6) is 11.5 Å². The fourth-order valence-electron chi connectivity index (χ4n) is 3.33. The second kappa shape index (κ2) is 12.8. The molecule has 0 fully saturated rings. The minimum Gasteiger partial charge on any atom is -0.493 e. The summed E-state index contributed by atoms with van der Waals surface area (Å²) < 4.78 is 13.2. The van der Waals surface area contributed by atoms with Gasteiger partial charge in [-0.25, -0.2) is 0 Å². The molecule has 4 aromatic rings. The Balaban J connectivity index is 1.21. The van der Waals surface area contributed by atoms with Crippen LogP contribution in [0, 0.1) is 0 Å². The van der Waals surface area contributed by atoms with E-state index in [-0.39, 0.29) is 0 Å². The predicted molar refractivity (Wildman–Crippen MR) is 140 cm³/mol. The predicted octanol–water partition coefficient (Wildman–Crippen LogP) is 5.83. The van der Waals surface area contributed by atoms with E-state index < -0.39 is 0 Å². The Kier molecular flexibility index (Phi) is 9.25. The van der Waals surface area contributed by atoms with Gasteiger partial charge in [0.1, 0.15) is 6.61 Å². The summed E-state index contributed by atoms with van der Waals surface area (Å²) in [4.78, 5) is 0. The molecule has 0 radical (unpaired) electrons. The number of ether oxygens (including phenoxy) is 2. The topological polar surface area (TPSA) is 74.1 Å². The number of thioether (sulfide) groups is 1. The van der Waals surface area contributed by atoms with Gasteiger partial charge in [-0.15, -0.1) is 5.10 Å². The monoisotopic (exact) mass is 529 g/mol. The van der Waals surface area contributed by atoms with Crippen molar-refractivity contribution in [3.05, 3.63) is 87.9 Å². The number of nitrogens with zero attached hydrogens (tertiary/aromatic N) is 4. The van der Waals surface area contributed by atoms with Crippen molar-refractivity contribution in [2.45, 2.75) is 24.7 Å². The molecule has 1 N–H and O–H groups in total. The molecule has 0 unspecified atom stereocenters. The van der Waals surface area contributed by atoms with E-state index in [4.69, 9.17) is 32.7 Å². The van der Waals surface area contributed by atoms with Gasteiger partial charge in [-0.2, -0.15) is 4.68 Å². The van der Waals surface area contributed by atoms with E-state index in [9.17, 15) is 0 Å². The van der Waals surface area contributed by atoms with Crippen LogP contribution in [-0.2, 0) is 13.2 Å². The van der Waals surface area contributed by atoms with E-state index in [0.29, 0.717) is 28.2 Å². The molecule has 0 amide bonds. The van der Waals surface area contributed by atoms with Crippen LogP contribution in [0.25, 0.3) is 5.69 Å². The van der Waals surface area contributed by atoms with Gasteiger partial charge in [0.05, 0.1) is 12.8 Å². The molecular formula is C25H25Cl2N5O2S. The first-order valence-electron chi connectivity index (χ1n) is 11.0. The summed E-state index contributed by atoms with van der Waals surface area (Å²) in [5, 5.41) is 17.5. The summed E-state index contributed by atoms with van der Waals surface area (Å²) in [6, 6.07) is 21.2. The Hall–Kier alpha value is -2.78. The van der Waals surface area contributed by atoms with Crippen LogP contribution in [0.2, 0.25) is 10.0 Å². The Morgan fingerprint density at radius 2 is 1.86 bits per heavy atom. The van der Waals surface area contributed by atoms with Crippen LogP contribution in [0.1, 0.15) is 17.5 Å². The summed E-state index contributed by atoms with van der Waals surface area (Å²) >= 11 is 13.8. The molecule has 0 atom stereocenters. The van der Waals surface area contributed by atoms with Crippen molar-refractivity contribution in [2.75, 3.05) is 19.4 Å². The number of nitrogens with one attached hydrogen (secondary N) is 1. The number of tetrazole rings is 1. The molecular weight excluding hydrogens is 505 g/mol. The molecule has 4 rings (SSSR count). The lowest BCUT2D eigenvalue weighted by atomic mass is 10.2. The third-order valence-electron chi connectivity index (χ3n) is 5.13. The molecule has 0 spiro atoms. The molecule has 3 aromatic carbocycles. The second-order valence-electron chi connectivity index (χ2n) is 7.60. The van der Waals surface area contributed by atoms with E-state index in [1.54, 1.807) is 35.7 Å². The fourth-order valence-corrected chi connectivity index (χ4v) is 4.62. The lowest BCUT2D eigenvalue weighted by molar-refractivity contribution is 0.284. The van der Waals surface area contributed by atoms with E-state index >= 15 is 0 Å². The third kappa shape index (κ3) is 7.11. The summed E-state index contributed by atoms with van der Waals surface area (Å²) in [5.74, 6) is 2.25. The van der Waals surface area contributed by atoms with Gasteiger partial charge >= 0.3 is 0 Å². The first-order valence-corrected chi connectivity index (χ1v) is 12.8. The van der Waals surface area contributed by atoms with E-state index in [0.717, 1.165) is 47.2 Å². The normalized spacial score (nSPS) is 10.9. The van der Waals surface area contributed by atoms with Crippen LogP contribution in [0.3, 0.4) is 0 Å². The standard InChI is InChI=1S/C25H25Cl2N5O2S/c1-33-24-14-18(8-11-23(24)34-17-19-9-10-20(26)15-22(19)27)16-28-12-5-13-35-25-29-30-31-32(25)21-6-3-2-4-7-21/h2-4,6-11,14-15,28H,5,12-13,16-17H2,1H3. The zero-order valence-corrected chi connectivity index (χ0v) is 21.5. The minimum atomic E-state index is 0.329. The Morgan fingerprint density at radius 3 is 2.66 bits per heavy atom. The van der Waals surface area contributed by atoms with Crippen molar-refractivity contribution in [2.24, 2.45) is 0 Å². The molecule has 1 heterocycles. The van der Waals surface area contributed by atoms with Crippen molar-refractivity contribution >= 4 is 35.0 Å². The molecule has 0 aliphatic carbocycles. The van der Waals surface area contributed by atoms with Crippen LogP contribution >= 0.6 is 35.0 Å². The molecule has 0 saturated carbocycles. The van der Waals surface area contributed by atoms with Gasteiger partial charge in [-0.3, -0.25) is 0 Å². The molecule has 182 valence electrons. The SMILES string of the molecule is COc1cc(CNCCCSc2nnnn2-c2ccccc2)ccc1OCc1ccc(Cl)cc1Cl. The second-order valence-corrected chi connectivity index (χ2v) is 9.50. The van der Waals surface area contributed by atoms with Crippen LogP contribution < -0.4 is 14.8 Å². The van der Waals surface area contributed by atoms with Gasteiger partial charge in [-0.1, -0.05) is 65.3 Å². The number of para-hydroxylation sites is 1. The van der Waals surface area contributed by atoms with Crippen LogP contribution in [0.15, 0.2) is 71.9 Å². The Morgan fingerprint density at radius 1 is 1.00 bits per heavy atom. The first kappa shape index (κ1) is 25.3. The molecule has 7 nitrogen and oxygen atoms in total. The smallest absolute Gasteiger partial charge is 0.214 e. The van der Waals surface area contributed by atoms with Gasteiger partial charge in [-0.05, 0) is 65.4 Å². The summed E-state index contributed by atoms with van der Waals surface area (Å²) in [6.07, 6.45) is 0.979. The lowest BCUT2D eigenvalue weighted by Crippen LogP contribution is -2.15. The van der Waals surface area contributed by atoms with E-state index in [2.05, 4.69) is 20.8 Å². The number of rotatable bonds is 12. The molecule has 0 aliphatic heterocycles. The van der Waals surface area contributed by atoms with E-state index in [1.807, 2.05) is 54.6 Å². The minimum absolute atomic E-state index is 0.329. The summed E-state index contributed by atoms with van der Waals surface area (Å²) in [7, 11) is 1.63. The Bertz CT molecular complexity index is 1240. The van der Waals surface area contributed by atoms with Gasteiger partial charge in [0.25, 0.3) is 0 Å². The van der Waals surface area contributed by atoms with Gasteiger partial charge in [0, 0.05) is 27.9 Å². The van der Waals surface area contributed by atoms with E-state index in [1.165, 1.54) is 0 Å². The highest BCUT2D eigenvalue weighted by Gasteiger charge is 2.10. The highest BCUT2D eigenvalue weighted by atomic mass is 35.5. The fraction of sp³-hybridized carbons (Fsp3) is 0.240. The summed E-state index contributed by atoms with van der Waals surface area (Å²) in [5.41, 5.74) is 2.93. The number of hydrogen-bond acceptors (Lipinski definition) is 7. The Labute approximate surface area is 218 Å². The van der Waals surface area contributed by atoms with Crippen molar-refractivity contribution in [3.63, 3.8) is 0 Å². The molecule has 0 bridgehead atoms. The van der Waals surface area contributed by atoms with Gasteiger partial charge < -0.3 is 14.8 Å².